The van der Waals surface area contributed by atoms with Crippen LogP contribution in [0, 0.1) is 11.7 Å². The summed E-state index contributed by atoms with van der Waals surface area (Å²) in [6, 6.07) is 4.46. The number of halogens is 1. The lowest BCUT2D eigenvalue weighted by Crippen LogP contribution is -2.45. The lowest BCUT2D eigenvalue weighted by Gasteiger charge is -2.20. The molecule has 0 radical (unpaired) electrons. The zero-order valence-electron chi connectivity index (χ0n) is 10.3. The Hall–Kier alpha value is -1.91. The molecule has 0 aliphatic rings. The van der Waals surface area contributed by atoms with Crippen LogP contribution in [-0.2, 0) is 4.79 Å². The fourth-order valence-corrected chi connectivity index (χ4v) is 1.55. The molecule has 1 amide bonds. The maximum atomic E-state index is 13.4. The Morgan fingerprint density at radius 2 is 2.00 bits per heavy atom. The lowest BCUT2D eigenvalue weighted by molar-refractivity contribution is -0.140. The SMILES string of the molecule is CC[C@@H](C)[C@H](NC(=O)c1ccccc1F)C(=O)O. The number of benzene rings is 1. The number of carboxylic acid groups (broad SMARTS) is 1. The molecule has 2 atom stereocenters. The van der Waals surface area contributed by atoms with Crippen molar-refractivity contribution in [2.24, 2.45) is 5.92 Å². The second kappa shape index (κ2) is 6.14. The molecule has 0 aliphatic heterocycles. The Morgan fingerprint density at radius 1 is 1.39 bits per heavy atom. The van der Waals surface area contributed by atoms with Gasteiger partial charge < -0.3 is 10.4 Å². The molecule has 0 fully saturated rings. The molecule has 4 nitrogen and oxygen atoms in total. The Bertz CT molecular complexity index is 448. The highest BCUT2D eigenvalue weighted by Crippen LogP contribution is 2.11. The number of hydrogen-bond acceptors (Lipinski definition) is 2. The van der Waals surface area contributed by atoms with Crippen LogP contribution in [0.3, 0.4) is 0 Å². The fourth-order valence-electron chi connectivity index (χ4n) is 1.55. The summed E-state index contributed by atoms with van der Waals surface area (Å²) in [4.78, 5) is 22.8. The summed E-state index contributed by atoms with van der Waals surface area (Å²) >= 11 is 0. The second-order valence-electron chi connectivity index (χ2n) is 4.15. The molecule has 2 N–H and O–H groups in total. The van der Waals surface area contributed by atoms with Crippen LogP contribution < -0.4 is 5.32 Å². The fraction of sp³-hybridized carbons (Fsp3) is 0.385. The van der Waals surface area contributed by atoms with Crippen molar-refractivity contribution in [1.82, 2.24) is 5.32 Å². The summed E-state index contributed by atoms with van der Waals surface area (Å²) in [5.41, 5.74) is -0.146. The third-order valence-electron chi connectivity index (χ3n) is 2.88. The van der Waals surface area contributed by atoms with Gasteiger partial charge in [-0.05, 0) is 18.1 Å². The van der Waals surface area contributed by atoms with Gasteiger partial charge in [0.05, 0.1) is 5.56 Å². The summed E-state index contributed by atoms with van der Waals surface area (Å²) in [5.74, 6) is -2.71. The Labute approximate surface area is 105 Å². The van der Waals surface area contributed by atoms with E-state index in [4.69, 9.17) is 5.11 Å². The Morgan fingerprint density at radius 3 is 2.50 bits per heavy atom. The van der Waals surface area contributed by atoms with Crippen LogP contribution in [0.15, 0.2) is 24.3 Å². The van der Waals surface area contributed by atoms with E-state index in [2.05, 4.69) is 5.32 Å². The maximum absolute atomic E-state index is 13.4. The molecule has 0 heterocycles. The number of aliphatic carboxylic acids is 1. The number of amides is 1. The van der Waals surface area contributed by atoms with E-state index in [0.29, 0.717) is 6.42 Å². The summed E-state index contributed by atoms with van der Waals surface area (Å²) in [5, 5.41) is 11.4. The maximum Gasteiger partial charge on any atom is 0.326 e. The highest BCUT2D eigenvalue weighted by molar-refractivity contribution is 5.96. The number of nitrogens with one attached hydrogen (secondary N) is 1. The number of carboxylic acids is 1. The molecule has 1 rings (SSSR count). The van der Waals surface area contributed by atoms with E-state index in [-0.39, 0.29) is 11.5 Å². The van der Waals surface area contributed by atoms with Gasteiger partial charge in [0, 0.05) is 0 Å². The zero-order chi connectivity index (χ0) is 13.7. The average Bonchev–Trinajstić information content (AvgIpc) is 2.35. The van der Waals surface area contributed by atoms with Gasteiger partial charge >= 0.3 is 5.97 Å². The van der Waals surface area contributed by atoms with Crippen molar-refractivity contribution in [2.45, 2.75) is 26.3 Å². The van der Waals surface area contributed by atoms with Crippen molar-refractivity contribution in [3.63, 3.8) is 0 Å². The molecule has 1 aromatic carbocycles. The Kier molecular flexibility index (Phi) is 4.83. The minimum Gasteiger partial charge on any atom is -0.480 e. The van der Waals surface area contributed by atoms with Gasteiger partial charge in [-0.3, -0.25) is 4.79 Å². The second-order valence-corrected chi connectivity index (χ2v) is 4.15. The third-order valence-corrected chi connectivity index (χ3v) is 2.88. The lowest BCUT2D eigenvalue weighted by atomic mass is 9.99. The van der Waals surface area contributed by atoms with Crippen LogP contribution in [0.2, 0.25) is 0 Å². The molecule has 0 spiro atoms. The molecule has 5 heteroatoms. The highest BCUT2D eigenvalue weighted by atomic mass is 19.1. The summed E-state index contributed by atoms with van der Waals surface area (Å²) in [6.07, 6.45) is 0.606. The van der Waals surface area contributed by atoms with E-state index in [1.807, 2.05) is 6.92 Å². The molecule has 0 saturated carbocycles. The van der Waals surface area contributed by atoms with Crippen LogP contribution in [0.4, 0.5) is 4.39 Å². The van der Waals surface area contributed by atoms with Crippen LogP contribution in [0.25, 0.3) is 0 Å². The van der Waals surface area contributed by atoms with Gasteiger partial charge in [0.2, 0.25) is 0 Å². The van der Waals surface area contributed by atoms with Gasteiger partial charge in [0.15, 0.2) is 0 Å². The quantitative estimate of drug-likeness (QED) is 0.844. The normalized spacial score (nSPS) is 13.7. The summed E-state index contributed by atoms with van der Waals surface area (Å²) in [6.45, 7) is 3.55. The van der Waals surface area contributed by atoms with E-state index < -0.39 is 23.7 Å². The van der Waals surface area contributed by atoms with Gasteiger partial charge in [0.25, 0.3) is 5.91 Å². The topological polar surface area (TPSA) is 66.4 Å². The monoisotopic (exact) mass is 253 g/mol. The molecular weight excluding hydrogens is 237 g/mol. The Balaban J connectivity index is 2.86. The number of carbonyl (C=O) groups is 2. The van der Waals surface area contributed by atoms with Crippen molar-refractivity contribution in [3.05, 3.63) is 35.6 Å². The van der Waals surface area contributed by atoms with E-state index in [0.717, 1.165) is 6.07 Å². The van der Waals surface area contributed by atoms with Crippen molar-refractivity contribution in [3.8, 4) is 0 Å². The molecule has 0 aliphatic carbocycles. The van der Waals surface area contributed by atoms with Crippen LogP contribution in [0.1, 0.15) is 30.6 Å². The molecule has 0 saturated heterocycles. The predicted octanol–water partition coefficient (Wildman–Crippen LogP) is 2.05. The molecular formula is C13H16FNO3. The first kappa shape index (κ1) is 14.2. The average molecular weight is 253 g/mol. The van der Waals surface area contributed by atoms with Crippen molar-refractivity contribution in [2.75, 3.05) is 0 Å². The first-order chi connectivity index (χ1) is 8.47. The van der Waals surface area contributed by atoms with E-state index >= 15 is 0 Å². The largest absolute Gasteiger partial charge is 0.480 e. The molecule has 1 aromatic rings. The molecule has 98 valence electrons. The number of rotatable bonds is 5. The predicted molar refractivity (Wildman–Crippen MR) is 64.7 cm³/mol. The van der Waals surface area contributed by atoms with E-state index in [1.165, 1.54) is 18.2 Å². The molecule has 0 unspecified atom stereocenters. The van der Waals surface area contributed by atoms with Crippen molar-refractivity contribution >= 4 is 11.9 Å². The van der Waals surface area contributed by atoms with Gasteiger partial charge in [-0.15, -0.1) is 0 Å². The van der Waals surface area contributed by atoms with Crippen LogP contribution >= 0.6 is 0 Å². The minimum absolute atomic E-state index is 0.146. The minimum atomic E-state index is -1.12. The zero-order valence-corrected chi connectivity index (χ0v) is 10.3. The van der Waals surface area contributed by atoms with Gasteiger partial charge in [-0.25, -0.2) is 9.18 Å². The van der Waals surface area contributed by atoms with Gasteiger partial charge in [0.1, 0.15) is 11.9 Å². The van der Waals surface area contributed by atoms with Crippen molar-refractivity contribution in [1.29, 1.82) is 0 Å². The van der Waals surface area contributed by atoms with E-state index in [9.17, 15) is 14.0 Å². The van der Waals surface area contributed by atoms with Gasteiger partial charge in [-0.2, -0.15) is 0 Å². The van der Waals surface area contributed by atoms with Crippen LogP contribution in [0.5, 0.6) is 0 Å². The summed E-state index contributed by atoms with van der Waals surface area (Å²) < 4.78 is 13.4. The number of carbonyl (C=O) groups excluding carboxylic acids is 1. The smallest absolute Gasteiger partial charge is 0.326 e. The molecule has 0 bridgehead atoms. The highest BCUT2D eigenvalue weighted by Gasteiger charge is 2.26. The standard InChI is InChI=1S/C13H16FNO3/c1-3-8(2)11(13(17)18)15-12(16)9-6-4-5-7-10(9)14/h4-8,11H,3H2,1-2H3,(H,15,16)(H,17,18)/t8-,11+/m1/s1. The first-order valence-electron chi connectivity index (χ1n) is 5.75. The van der Waals surface area contributed by atoms with Crippen LogP contribution in [-0.4, -0.2) is 23.0 Å². The first-order valence-corrected chi connectivity index (χ1v) is 5.75. The summed E-state index contributed by atoms with van der Waals surface area (Å²) in [7, 11) is 0. The van der Waals surface area contributed by atoms with Gasteiger partial charge in [-0.1, -0.05) is 32.4 Å². The van der Waals surface area contributed by atoms with Crippen molar-refractivity contribution < 1.29 is 19.1 Å². The van der Waals surface area contributed by atoms with E-state index in [1.54, 1.807) is 6.92 Å². The third kappa shape index (κ3) is 3.29. The molecule has 0 aromatic heterocycles. The molecule has 18 heavy (non-hydrogen) atoms. The number of hydrogen-bond donors (Lipinski definition) is 2.